The number of hydrogen-bond acceptors (Lipinski definition) is 6. The van der Waals surface area contributed by atoms with E-state index in [0.29, 0.717) is 0 Å². The fourth-order valence-corrected chi connectivity index (χ4v) is 4.16. The van der Waals surface area contributed by atoms with Crippen LogP contribution in [0.25, 0.3) is 0 Å². The highest BCUT2D eigenvalue weighted by molar-refractivity contribution is 7.90. The molecule has 0 aliphatic carbocycles. The van der Waals surface area contributed by atoms with Crippen LogP contribution < -0.4 is 10.2 Å². The minimum atomic E-state index is -4.60. The number of carbonyl (C=O) groups is 1. The van der Waals surface area contributed by atoms with Crippen molar-refractivity contribution in [1.82, 2.24) is 15.3 Å². The molecular formula is C19H20ClF3N4O3S. The average Bonchev–Trinajstić information content (AvgIpc) is 2.70. The van der Waals surface area contributed by atoms with E-state index in [1.165, 1.54) is 0 Å². The van der Waals surface area contributed by atoms with Gasteiger partial charge in [-0.15, -0.1) is 0 Å². The summed E-state index contributed by atoms with van der Waals surface area (Å²) in [5, 5.41) is 1.76. The van der Waals surface area contributed by atoms with Crippen molar-refractivity contribution in [3.63, 3.8) is 0 Å². The van der Waals surface area contributed by atoms with E-state index in [9.17, 15) is 26.4 Å². The van der Waals surface area contributed by atoms with Crippen LogP contribution in [-0.2, 0) is 21.2 Å². The fraction of sp³-hybridized carbons (Fsp3) is 0.421. The van der Waals surface area contributed by atoms with E-state index in [0.717, 1.165) is 22.8 Å². The molecule has 1 saturated heterocycles. The van der Waals surface area contributed by atoms with Gasteiger partial charge in [0.2, 0.25) is 20.9 Å². The van der Waals surface area contributed by atoms with Crippen molar-refractivity contribution in [3.05, 3.63) is 47.1 Å². The van der Waals surface area contributed by atoms with Gasteiger partial charge in [0, 0.05) is 25.4 Å². The summed E-state index contributed by atoms with van der Waals surface area (Å²) in [5.74, 6) is -1.42. The minimum Gasteiger partial charge on any atom is -0.352 e. The van der Waals surface area contributed by atoms with Crippen molar-refractivity contribution >= 4 is 33.2 Å². The van der Waals surface area contributed by atoms with Crippen LogP contribution in [0.2, 0.25) is 5.15 Å². The van der Waals surface area contributed by atoms with Crippen molar-refractivity contribution < 1.29 is 26.4 Å². The third-order valence-electron chi connectivity index (χ3n) is 4.93. The number of rotatable bonds is 5. The van der Waals surface area contributed by atoms with Gasteiger partial charge in [-0.1, -0.05) is 41.9 Å². The van der Waals surface area contributed by atoms with Gasteiger partial charge in [0.25, 0.3) is 0 Å². The summed E-state index contributed by atoms with van der Waals surface area (Å²) in [7, 11) is -3.90. The molecule has 31 heavy (non-hydrogen) atoms. The van der Waals surface area contributed by atoms with Crippen molar-refractivity contribution in [2.75, 3.05) is 17.7 Å². The van der Waals surface area contributed by atoms with E-state index in [4.69, 9.17) is 11.6 Å². The SMILES string of the molecule is CS(=O)(=O)c1nc(Cl)cc(N2CC(C(=O)NCc3ccccc3)CCC2C(F)(F)F)n1. The van der Waals surface area contributed by atoms with E-state index in [-0.39, 0.29) is 36.9 Å². The van der Waals surface area contributed by atoms with Gasteiger partial charge in [-0.2, -0.15) is 13.2 Å². The van der Waals surface area contributed by atoms with E-state index in [1.807, 2.05) is 30.3 Å². The molecule has 1 aromatic heterocycles. The van der Waals surface area contributed by atoms with E-state index < -0.39 is 39.0 Å². The number of piperidine rings is 1. The molecule has 2 atom stereocenters. The van der Waals surface area contributed by atoms with Crippen molar-refractivity contribution in [2.24, 2.45) is 5.92 Å². The monoisotopic (exact) mass is 476 g/mol. The molecule has 1 amide bonds. The Morgan fingerprint density at radius 3 is 2.52 bits per heavy atom. The highest BCUT2D eigenvalue weighted by Crippen LogP contribution is 2.37. The molecule has 1 aliphatic heterocycles. The molecule has 1 fully saturated rings. The minimum absolute atomic E-state index is 0.0268. The number of sulfone groups is 1. The second-order valence-electron chi connectivity index (χ2n) is 7.29. The smallest absolute Gasteiger partial charge is 0.352 e. The number of nitrogens with zero attached hydrogens (tertiary/aromatic N) is 3. The number of anilines is 1. The molecule has 0 radical (unpaired) electrons. The van der Waals surface area contributed by atoms with Gasteiger partial charge in [-0.3, -0.25) is 4.79 Å². The molecule has 2 aromatic rings. The fourth-order valence-electron chi connectivity index (χ4n) is 3.41. The number of nitrogens with one attached hydrogen (secondary N) is 1. The summed E-state index contributed by atoms with van der Waals surface area (Å²) in [4.78, 5) is 20.9. The predicted octanol–water partition coefficient (Wildman–Crippen LogP) is 3.00. The van der Waals surface area contributed by atoms with Crippen LogP contribution >= 0.6 is 11.6 Å². The summed E-state index contributed by atoms with van der Waals surface area (Å²) in [6, 6.07) is 8.25. The first-order valence-corrected chi connectivity index (χ1v) is 11.6. The Hall–Kier alpha value is -2.40. The van der Waals surface area contributed by atoms with Crippen LogP contribution in [0.15, 0.2) is 41.6 Å². The predicted molar refractivity (Wildman–Crippen MR) is 108 cm³/mol. The maximum atomic E-state index is 13.7. The van der Waals surface area contributed by atoms with Crippen LogP contribution in [0.4, 0.5) is 19.0 Å². The lowest BCUT2D eigenvalue weighted by atomic mass is 9.91. The number of alkyl halides is 3. The molecule has 168 valence electrons. The van der Waals surface area contributed by atoms with Crippen LogP contribution in [0.1, 0.15) is 18.4 Å². The van der Waals surface area contributed by atoms with Crippen LogP contribution in [0.3, 0.4) is 0 Å². The van der Waals surface area contributed by atoms with E-state index in [1.54, 1.807) is 0 Å². The van der Waals surface area contributed by atoms with E-state index >= 15 is 0 Å². The first-order chi connectivity index (χ1) is 14.4. The average molecular weight is 477 g/mol. The number of carbonyl (C=O) groups excluding carboxylic acids is 1. The van der Waals surface area contributed by atoms with Crippen LogP contribution in [0, 0.1) is 5.92 Å². The zero-order chi connectivity index (χ0) is 22.8. The zero-order valence-electron chi connectivity index (χ0n) is 16.4. The Labute approximate surface area is 182 Å². The van der Waals surface area contributed by atoms with Crippen LogP contribution in [-0.4, -0.2) is 49.3 Å². The molecule has 1 aromatic carbocycles. The molecule has 7 nitrogen and oxygen atoms in total. The lowest BCUT2D eigenvalue weighted by molar-refractivity contribution is -0.156. The maximum absolute atomic E-state index is 13.7. The normalized spacial score (nSPS) is 19.8. The summed E-state index contributed by atoms with van der Waals surface area (Å²) < 4.78 is 64.6. The third-order valence-corrected chi connectivity index (χ3v) is 5.97. The Morgan fingerprint density at radius 2 is 1.90 bits per heavy atom. The zero-order valence-corrected chi connectivity index (χ0v) is 18.0. The first-order valence-electron chi connectivity index (χ1n) is 9.35. The number of amides is 1. The summed E-state index contributed by atoms with van der Waals surface area (Å²) in [6.45, 7) is -0.0439. The molecule has 2 heterocycles. The number of hydrogen-bond donors (Lipinski definition) is 1. The quantitative estimate of drug-likeness (QED) is 0.527. The molecule has 0 bridgehead atoms. The molecule has 0 spiro atoms. The number of halogens is 4. The summed E-state index contributed by atoms with van der Waals surface area (Å²) in [6.07, 6.45) is -4.09. The van der Waals surface area contributed by atoms with Gasteiger partial charge < -0.3 is 10.2 Å². The highest BCUT2D eigenvalue weighted by atomic mass is 35.5. The van der Waals surface area contributed by atoms with Gasteiger partial charge in [-0.25, -0.2) is 18.4 Å². The van der Waals surface area contributed by atoms with Gasteiger partial charge in [0.15, 0.2) is 0 Å². The lowest BCUT2D eigenvalue weighted by Gasteiger charge is -2.40. The van der Waals surface area contributed by atoms with Gasteiger partial charge in [0.1, 0.15) is 17.0 Å². The maximum Gasteiger partial charge on any atom is 0.408 e. The molecule has 12 heteroatoms. The standard InChI is InChI=1S/C19H20ClF3N4O3S/c1-31(29,30)18-25-15(20)9-16(26-18)27-11-13(7-8-14(27)19(21,22)23)17(28)24-10-12-5-3-2-4-6-12/h2-6,9,13-14H,7-8,10-11H2,1H3,(H,24,28). The van der Waals surface area contributed by atoms with Gasteiger partial charge in [-0.05, 0) is 18.4 Å². The summed E-state index contributed by atoms with van der Waals surface area (Å²) in [5.41, 5.74) is 0.858. The number of aromatic nitrogens is 2. The lowest BCUT2D eigenvalue weighted by Crippen LogP contribution is -2.54. The van der Waals surface area contributed by atoms with Crippen LogP contribution in [0.5, 0.6) is 0 Å². The van der Waals surface area contributed by atoms with Gasteiger partial charge in [0.05, 0.1) is 5.92 Å². The van der Waals surface area contributed by atoms with E-state index in [2.05, 4.69) is 15.3 Å². The van der Waals surface area contributed by atoms with Crippen molar-refractivity contribution in [3.8, 4) is 0 Å². The second-order valence-corrected chi connectivity index (χ2v) is 9.59. The molecule has 2 unspecified atom stereocenters. The Morgan fingerprint density at radius 1 is 1.23 bits per heavy atom. The Balaban J connectivity index is 1.85. The largest absolute Gasteiger partial charge is 0.408 e. The molecule has 3 rings (SSSR count). The highest BCUT2D eigenvalue weighted by Gasteiger charge is 2.48. The van der Waals surface area contributed by atoms with Crippen molar-refractivity contribution in [2.45, 2.75) is 36.8 Å². The summed E-state index contributed by atoms with van der Waals surface area (Å²) >= 11 is 5.85. The second kappa shape index (κ2) is 8.99. The van der Waals surface area contributed by atoms with Gasteiger partial charge >= 0.3 is 6.18 Å². The Kier molecular flexibility index (Phi) is 6.75. The molecule has 1 aliphatic rings. The molecular weight excluding hydrogens is 457 g/mol. The topological polar surface area (TPSA) is 92.3 Å². The molecule has 1 N–H and O–H groups in total. The number of benzene rings is 1. The third kappa shape index (κ3) is 5.85. The Bertz CT molecular complexity index is 1050. The molecule has 0 saturated carbocycles. The first kappa shape index (κ1) is 23.3. The van der Waals surface area contributed by atoms with Crippen molar-refractivity contribution in [1.29, 1.82) is 0 Å².